The van der Waals surface area contributed by atoms with Crippen LogP contribution in [-0.4, -0.2) is 16.9 Å². The van der Waals surface area contributed by atoms with Gasteiger partial charge in [0.1, 0.15) is 10.8 Å². The van der Waals surface area contributed by atoms with Crippen molar-refractivity contribution < 1.29 is 14.0 Å². The summed E-state index contributed by atoms with van der Waals surface area (Å²) in [7, 11) is 0. The third-order valence-electron chi connectivity index (χ3n) is 4.16. The summed E-state index contributed by atoms with van der Waals surface area (Å²) >= 11 is 6.67. The third kappa shape index (κ3) is 4.20. The highest BCUT2D eigenvalue weighted by molar-refractivity contribution is 7.80. The second-order valence-electron chi connectivity index (χ2n) is 6.21. The second-order valence-corrected chi connectivity index (χ2v) is 7.73. The molecule has 0 saturated carbocycles. The van der Waals surface area contributed by atoms with E-state index >= 15 is 0 Å². The van der Waals surface area contributed by atoms with Crippen LogP contribution in [0.3, 0.4) is 0 Å². The van der Waals surface area contributed by atoms with Crippen molar-refractivity contribution in [3.63, 3.8) is 0 Å². The van der Waals surface area contributed by atoms with Crippen LogP contribution in [0.25, 0.3) is 6.08 Å². The van der Waals surface area contributed by atoms with Crippen molar-refractivity contribution in [3.05, 3.63) is 46.2 Å². The molecule has 1 aliphatic carbocycles. The maximum atomic E-state index is 11.9. The Hall–Kier alpha value is -2.45. The maximum Gasteiger partial charge on any atom is 0.251 e. The Morgan fingerprint density at radius 1 is 1.46 bits per heavy atom. The predicted octanol–water partition coefficient (Wildman–Crippen LogP) is 3.09. The van der Waals surface area contributed by atoms with Crippen molar-refractivity contribution in [1.82, 2.24) is 5.32 Å². The molecule has 0 bridgehead atoms. The number of rotatable bonds is 4. The number of thiocarbonyl (C=S) groups is 1. The van der Waals surface area contributed by atoms with Crippen LogP contribution in [0.15, 0.2) is 28.9 Å². The molecule has 136 valence electrons. The van der Waals surface area contributed by atoms with Crippen molar-refractivity contribution >= 4 is 51.6 Å². The zero-order chi connectivity index (χ0) is 18.7. The minimum atomic E-state index is -0.480. The highest BCUT2D eigenvalue weighted by Crippen LogP contribution is 2.39. The molecule has 6 nitrogen and oxygen atoms in total. The summed E-state index contributed by atoms with van der Waals surface area (Å²) < 4.78 is 5.12. The monoisotopic (exact) mass is 389 g/mol. The van der Waals surface area contributed by atoms with Crippen LogP contribution in [-0.2, 0) is 17.6 Å². The van der Waals surface area contributed by atoms with E-state index in [1.54, 1.807) is 12.1 Å². The van der Waals surface area contributed by atoms with Gasteiger partial charge in [-0.1, -0.05) is 6.92 Å². The fraction of sp³-hybridized carbons (Fsp3) is 0.278. The topological polar surface area (TPSA) is 97.4 Å². The number of thiophene rings is 1. The van der Waals surface area contributed by atoms with E-state index in [4.69, 9.17) is 22.4 Å². The zero-order valence-corrected chi connectivity index (χ0v) is 15.8. The van der Waals surface area contributed by atoms with Gasteiger partial charge >= 0.3 is 0 Å². The van der Waals surface area contributed by atoms with E-state index in [9.17, 15) is 9.59 Å². The first-order valence-corrected chi connectivity index (χ1v) is 9.44. The fourth-order valence-electron chi connectivity index (χ4n) is 2.93. The summed E-state index contributed by atoms with van der Waals surface area (Å²) in [6.07, 6.45) is 7.17. The molecule has 1 atom stereocenters. The summed E-state index contributed by atoms with van der Waals surface area (Å²) in [5, 5.41) is 6.21. The molecule has 2 heterocycles. The average molecular weight is 390 g/mol. The molecular formula is C18H19N3O3S2. The molecule has 4 N–H and O–H groups in total. The van der Waals surface area contributed by atoms with Crippen LogP contribution in [0.5, 0.6) is 0 Å². The number of carbonyl (C=O) groups is 2. The Kier molecular flexibility index (Phi) is 5.53. The van der Waals surface area contributed by atoms with E-state index in [-0.39, 0.29) is 5.11 Å². The Morgan fingerprint density at radius 2 is 2.27 bits per heavy atom. The number of hydrogen-bond donors (Lipinski definition) is 3. The lowest BCUT2D eigenvalue weighted by molar-refractivity contribution is -0.115. The van der Waals surface area contributed by atoms with Crippen LogP contribution in [0.4, 0.5) is 5.00 Å². The maximum absolute atomic E-state index is 11.9. The molecule has 2 aromatic heterocycles. The van der Waals surface area contributed by atoms with Gasteiger partial charge in [0.2, 0.25) is 5.91 Å². The molecule has 2 aromatic rings. The molecule has 1 aliphatic rings. The van der Waals surface area contributed by atoms with Crippen molar-refractivity contribution in [2.24, 2.45) is 11.7 Å². The molecule has 26 heavy (non-hydrogen) atoms. The molecule has 0 aromatic carbocycles. The van der Waals surface area contributed by atoms with Crippen molar-refractivity contribution in [1.29, 1.82) is 0 Å². The standard InChI is InChI=1S/C18H19N3O3S2/c1-10-4-6-12-13(9-10)26-17(15(12)16(19)23)21-18(25)20-14(22)7-5-11-3-2-8-24-11/h2-3,5,7-8,10H,4,6,9H2,1H3,(H2,19,23)(H2,20,21,22,25). The Morgan fingerprint density at radius 3 is 2.96 bits per heavy atom. The largest absolute Gasteiger partial charge is 0.465 e. The molecule has 0 fully saturated rings. The molecule has 0 spiro atoms. The molecule has 8 heteroatoms. The number of nitrogens with one attached hydrogen (secondary N) is 2. The predicted molar refractivity (Wildman–Crippen MR) is 106 cm³/mol. The first-order valence-electron chi connectivity index (χ1n) is 8.22. The zero-order valence-electron chi connectivity index (χ0n) is 14.2. The lowest BCUT2D eigenvalue weighted by atomic mass is 9.88. The van der Waals surface area contributed by atoms with Crippen LogP contribution >= 0.6 is 23.6 Å². The molecule has 2 amide bonds. The third-order valence-corrected chi connectivity index (χ3v) is 5.54. The number of fused-ring (bicyclic) bond motifs is 1. The number of carbonyl (C=O) groups excluding carboxylic acids is 2. The SMILES string of the molecule is CC1CCc2c(sc(NC(=S)NC(=O)C=Cc3ccco3)c2C(N)=O)C1. The van der Waals surface area contributed by atoms with Gasteiger partial charge in [0.15, 0.2) is 5.11 Å². The van der Waals surface area contributed by atoms with Crippen molar-refractivity contribution in [2.45, 2.75) is 26.2 Å². The molecule has 0 aliphatic heterocycles. The average Bonchev–Trinajstić information content (AvgIpc) is 3.19. The summed E-state index contributed by atoms with van der Waals surface area (Å²) in [5.41, 5.74) is 7.07. The van der Waals surface area contributed by atoms with Crippen LogP contribution in [0.1, 0.15) is 39.9 Å². The van der Waals surface area contributed by atoms with E-state index in [1.807, 2.05) is 0 Å². The number of hydrogen-bond acceptors (Lipinski definition) is 5. The second kappa shape index (κ2) is 7.84. The number of anilines is 1. The van der Waals surface area contributed by atoms with Gasteiger partial charge in [-0.05, 0) is 61.2 Å². The quantitative estimate of drug-likeness (QED) is 0.551. The van der Waals surface area contributed by atoms with Crippen LogP contribution in [0.2, 0.25) is 0 Å². The lowest BCUT2D eigenvalue weighted by Crippen LogP contribution is -2.33. The van der Waals surface area contributed by atoms with Gasteiger partial charge in [0.25, 0.3) is 5.91 Å². The smallest absolute Gasteiger partial charge is 0.251 e. The Labute approximate surface area is 160 Å². The molecule has 3 rings (SSSR count). The fourth-order valence-corrected chi connectivity index (χ4v) is 4.62. The first-order chi connectivity index (χ1) is 12.4. The van der Waals surface area contributed by atoms with Gasteiger partial charge in [-0.3, -0.25) is 14.9 Å². The molecular weight excluding hydrogens is 370 g/mol. The van der Waals surface area contributed by atoms with E-state index in [0.717, 1.165) is 29.7 Å². The minimum absolute atomic E-state index is 0.119. The van der Waals surface area contributed by atoms with Crippen LogP contribution in [0, 0.1) is 5.92 Å². The van der Waals surface area contributed by atoms with Gasteiger partial charge in [0.05, 0.1) is 11.8 Å². The van der Waals surface area contributed by atoms with Gasteiger partial charge in [-0.15, -0.1) is 11.3 Å². The van der Waals surface area contributed by atoms with Gasteiger partial charge in [0, 0.05) is 11.0 Å². The van der Waals surface area contributed by atoms with Crippen LogP contribution < -0.4 is 16.4 Å². The van der Waals surface area contributed by atoms with E-state index < -0.39 is 11.8 Å². The number of nitrogens with two attached hydrogens (primary N) is 1. The lowest BCUT2D eigenvalue weighted by Gasteiger charge is -2.18. The number of primary amides is 1. The molecule has 0 saturated heterocycles. The first kappa shape index (κ1) is 18.3. The van der Waals surface area contributed by atoms with Gasteiger partial charge in [-0.25, -0.2) is 0 Å². The van der Waals surface area contributed by atoms with E-state index in [2.05, 4.69) is 17.6 Å². The number of amides is 2. The summed E-state index contributed by atoms with van der Waals surface area (Å²) in [6.45, 7) is 2.19. The summed E-state index contributed by atoms with van der Waals surface area (Å²) in [5.74, 6) is 0.268. The Bertz CT molecular complexity index is 869. The van der Waals surface area contributed by atoms with Crippen molar-refractivity contribution in [3.8, 4) is 0 Å². The van der Waals surface area contributed by atoms with Crippen molar-refractivity contribution in [2.75, 3.05) is 5.32 Å². The van der Waals surface area contributed by atoms with Gasteiger partial charge < -0.3 is 15.5 Å². The number of furan rings is 1. The molecule has 1 unspecified atom stereocenters. The van der Waals surface area contributed by atoms with Gasteiger partial charge in [-0.2, -0.15) is 0 Å². The minimum Gasteiger partial charge on any atom is -0.465 e. The van der Waals surface area contributed by atoms with E-state index in [1.165, 1.54) is 29.8 Å². The summed E-state index contributed by atoms with van der Waals surface area (Å²) in [6, 6.07) is 3.46. The highest BCUT2D eigenvalue weighted by Gasteiger charge is 2.26. The summed E-state index contributed by atoms with van der Waals surface area (Å²) in [4.78, 5) is 25.0. The highest BCUT2D eigenvalue weighted by atomic mass is 32.1. The van der Waals surface area contributed by atoms with E-state index in [0.29, 0.717) is 22.2 Å². The Balaban J connectivity index is 1.69. The molecule has 0 radical (unpaired) electrons. The normalized spacial score (nSPS) is 16.3.